The molecule has 2 atom stereocenters. The molecule has 0 radical (unpaired) electrons. The smallest absolute Gasteiger partial charge is 0.434 e. The summed E-state index contributed by atoms with van der Waals surface area (Å²) in [6, 6.07) is 13.4. The van der Waals surface area contributed by atoms with Gasteiger partial charge >= 0.3 is 6.18 Å². The Morgan fingerprint density at radius 1 is 1.18 bits per heavy atom. The summed E-state index contributed by atoms with van der Waals surface area (Å²) in [5.41, 5.74) is 6.54. The minimum absolute atomic E-state index is 0.0206. The zero-order valence-electron chi connectivity index (χ0n) is 22.2. The second-order valence-electron chi connectivity index (χ2n) is 10.3. The molecule has 1 saturated carbocycles. The van der Waals surface area contributed by atoms with Crippen molar-refractivity contribution in [3.8, 4) is 11.8 Å². The molecular weight excluding hydrogens is 539 g/mol. The molecule has 1 aliphatic heterocycles. The summed E-state index contributed by atoms with van der Waals surface area (Å²) in [5.74, 6) is 1.18. The monoisotopic (exact) mass is 569 g/mol. The van der Waals surface area contributed by atoms with E-state index in [2.05, 4.69) is 45.4 Å². The molecule has 210 valence electrons. The van der Waals surface area contributed by atoms with Gasteiger partial charge in [0.1, 0.15) is 16.8 Å². The fraction of sp³-hybridized carbons (Fsp3) is 0.429. The van der Waals surface area contributed by atoms with E-state index in [1.807, 2.05) is 17.0 Å². The fourth-order valence-corrected chi connectivity index (χ4v) is 6.50. The number of alkyl halides is 3. The van der Waals surface area contributed by atoms with Crippen LogP contribution in [0.25, 0.3) is 0 Å². The van der Waals surface area contributed by atoms with Crippen LogP contribution < -0.4 is 20.7 Å². The molecule has 0 bridgehead atoms. The molecule has 0 amide bonds. The second-order valence-corrected chi connectivity index (χ2v) is 11.3. The van der Waals surface area contributed by atoms with Gasteiger partial charge in [-0.3, -0.25) is 4.98 Å². The van der Waals surface area contributed by atoms with E-state index in [9.17, 15) is 18.4 Å². The van der Waals surface area contributed by atoms with Gasteiger partial charge < -0.3 is 20.7 Å². The third-order valence-electron chi connectivity index (χ3n) is 8.02. The minimum atomic E-state index is -4.63. The summed E-state index contributed by atoms with van der Waals surface area (Å²) < 4.78 is 45.5. The van der Waals surface area contributed by atoms with Gasteiger partial charge in [-0.25, -0.2) is 9.97 Å². The molecule has 1 saturated heterocycles. The lowest BCUT2D eigenvalue weighted by Crippen LogP contribution is -2.58. The van der Waals surface area contributed by atoms with Crippen LogP contribution in [0.1, 0.15) is 55.6 Å². The van der Waals surface area contributed by atoms with E-state index in [0.717, 1.165) is 37.6 Å². The molecule has 12 heteroatoms. The van der Waals surface area contributed by atoms with Gasteiger partial charge in [-0.15, -0.1) is 0 Å². The number of nitrogen functional groups attached to an aromatic ring is 1. The Labute approximate surface area is 235 Å². The molecule has 3 aromatic rings. The van der Waals surface area contributed by atoms with Crippen molar-refractivity contribution in [2.75, 3.05) is 30.8 Å². The van der Waals surface area contributed by atoms with Crippen LogP contribution in [0.3, 0.4) is 0 Å². The van der Waals surface area contributed by atoms with Gasteiger partial charge in [-0.05, 0) is 67.9 Å². The second kappa shape index (κ2) is 11.1. The highest BCUT2D eigenvalue weighted by Gasteiger charge is 2.48. The quantitative estimate of drug-likeness (QED) is 0.375. The Morgan fingerprint density at radius 2 is 1.90 bits per heavy atom. The number of aromatic nitrogens is 3. The van der Waals surface area contributed by atoms with Gasteiger partial charge in [0.25, 0.3) is 0 Å². The standard InChI is InChI=1S/C28H30F3N7OS/c1-17(18-5-7-19(39-2)8-6-18)35-22-9-10-27(22)11-14-38(15-12-27)25-20(16-32)36-26(24(33)37-25)40-21-4-3-13-34-23(21)28(29,30)31/h3-8,13,17,22,35H,9-12,14-15H2,1-2H3,(H2,33,37)/t17-,22-/m1/s1. The number of pyridine rings is 1. The van der Waals surface area contributed by atoms with Crippen molar-refractivity contribution in [3.63, 3.8) is 0 Å². The van der Waals surface area contributed by atoms with E-state index in [4.69, 9.17) is 10.5 Å². The molecule has 1 spiro atoms. The SMILES string of the molecule is COc1ccc([C@@H](C)N[C@@H]2CCC23CCN(c2nc(N)c(Sc4cccnc4C(F)(F)F)nc2C#N)CC3)cc1. The summed E-state index contributed by atoms with van der Waals surface area (Å²) in [7, 11) is 1.66. The number of nitrogens with one attached hydrogen (secondary N) is 1. The lowest BCUT2D eigenvalue weighted by atomic mass is 9.59. The lowest BCUT2D eigenvalue weighted by molar-refractivity contribution is -0.143. The van der Waals surface area contributed by atoms with Crippen LogP contribution in [0, 0.1) is 16.7 Å². The number of ether oxygens (including phenoxy) is 1. The van der Waals surface area contributed by atoms with E-state index in [0.29, 0.717) is 36.7 Å². The molecule has 3 heterocycles. The van der Waals surface area contributed by atoms with E-state index in [1.54, 1.807) is 7.11 Å². The van der Waals surface area contributed by atoms with Gasteiger partial charge in [-0.2, -0.15) is 18.4 Å². The molecule has 3 N–H and O–H groups in total. The van der Waals surface area contributed by atoms with Gasteiger partial charge in [0.15, 0.2) is 23.0 Å². The highest BCUT2D eigenvalue weighted by molar-refractivity contribution is 7.99. The normalized spacial score (nSPS) is 19.1. The Balaban J connectivity index is 1.27. The average Bonchev–Trinajstić information content (AvgIpc) is 2.96. The van der Waals surface area contributed by atoms with Crippen LogP contribution >= 0.6 is 11.8 Å². The van der Waals surface area contributed by atoms with Crippen LogP contribution in [0.5, 0.6) is 5.75 Å². The predicted molar refractivity (Wildman–Crippen MR) is 146 cm³/mol. The number of hydrogen-bond donors (Lipinski definition) is 2. The molecule has 2 fully saturated rings. The van der Waals surface area contributed by atoms with Crippen LogP contribution in [0.2, 0.25) is 0 Å². The first-order chi connectivity index (χ1) is 19.1. The number of anilines is 2. The maximum absolute atomic E-state index is 13.4. The fourth-order valence-electron chi connectivity index (χ4n) is 5.59. The van der Waals surface area contributed by atoms with Gasteiger partial charge in [-0.1, -0.05) is 23.9 Å². The first kappa shape index (κ1) is 28.0. The van der Waals surface area contributed by atoms with Crippen molar-refractivity contribution in [2.24, 2.45) is 5.41 Å². The number of rotatable bonds is 7. The number of hydrogen-bond acceptors (Lipinski definition) is 9. The summed E-state index contributed by atoms with van der Waals surface area (Å²) >= 11 is 0.705. The molecular formula is C28H30F3N7OS. The zero-order valence-corrected chi connectivity index (χ0v) is 23.0. The molecule has 40 heavy (non-hydrogen) atoms. The first-order valence-electron chi connectivity index (χ1n) is 13.1. The zero-order chi connectivity index (χ0) is 28.5. The summed E-state index contributed by atoms with van der Waals surface area (Å²) in [6.45, 7) is 3.54. The van der Waals surface area contributed by atoms with Crippen LogP contribution in [0.15, 0.2) is 52.5 Å². The van der Waals surface area contributed by atoms with Crippen molar-refractivity contribution >= 4 is 23.4 Å². The van der Waals surface area contributed by atoms with Crippen LogP contribution in [-0.2, 0) is 6.18 Å². The van der Waals surface area contributed by atoms with E-state index in [-0.39, 0.29) is 32.9 Å². The molecule has 5 rings (SSSR count). The highest BCUT2D eigenvalue weighted by atomic mass is 32.2. The van der Waals surface area contributed by atoms with Crippen LogP contribution in [0.4, 0.5) is 24.8 Å². The van der Waals surface area contributed by atoms with Crippen molar-refractivity contribution < 1.29 is 17.9 Å². The number of halogens is 3. The number of piperidine rings is 1. The molecule has 1 aromatic carbocycles. The number of benzene rings is 1. The largest absolute Gasteiger partial charge is 0.497 e. The average molecular weight is 570 g/mol. The van der Waals surface area contributed by atoms with Crippen molar-refractivity contribution in [1.29, 1.82) is 5.26 Å². The number of nitriles is 1. The summed E-state index contributed by atoms with van der Waals surface area (Å²) in [4.78, 5) is 14.1. The minimum Gasteiger partial charge on any atom is -0.497 e. The molecule has 2 aromatic heterocycles. The van der Waals surface area contributed by atoms with Crippen LogP contribution in [-0.4, -0.2) is 41.2 Å². The number of nitrogens with zero attached hydrogens (tertiary/aromatic N) is 5. The van der Waals surface area contributed by atoms with E-state index < -0.39 is 11.9 Å². The van der Waals surface area contributed by atoms with Gasteiger partial charge in [0, 0.05) is 36.3 Å². The number of nitrogens with two attached hydrogens (primary N) is 1. The maximum atomic E-state index is 13.4. The van der Waals surface area contributed by atoms with E-state index in [1.165, 1.54) is 17.7 Å². The number of methoxy groups -OCH3 is 1. The topological polar surface area (TPSA) is 113 Å². The summed E-state index contributed by atoms with van der Waals surface area (Å²) in [5, 5.41) is 13.7. The third kappa shape index (κ3) is 5.53. The molecule has 2 aliphatic rings. The van der Waals surface area contributed by atoms with Crippen molar-refractivity contribution in [1.82, 2.24) is 20.3 Å². The van der Waals surface area contributed by atoms with E-state index >= 15 is 0 Å². The Hall–Kier alpha value is -3.56. The Bertz CT molecular complexity index is 1400. The summed E-state index contributed by atoms with van der Waals surface area (Å²) in [6.07, 6.45) is 0.540. The molecule has 8 nitrogen and oxygen atoms in total. The maximum Gasteiger partial charge on any atom is 0.434 e. The molecule has 0 unspecified atom stereocenters. The van der Waals surface area contributed by atoms with Crippen molar-refractivity contribution in [2.45, 2.75) is 60.8 Å². The van der Waals surface area contributed by atoms with Gasteiger partial charge in [0.2, 0.25) is 0 Å². The predicted octanol–water partition coefficient (Wildman–Crippen LogP) is 5.60. The third-order valence-corrected chi connectivity index (χ3v) is 9.06. The highest BCUT2D eigenvalue weighted by Crippen LogP contribution is 2.50. The Kier molecular flexibility index (Phi) is 7.79. The van der Waals surface area contributed by atoms with Gasteiger partial charge in [0.05, 0.1) is 7.11 Å². The first-order valence-corrected chi connectivity index (χ1v) is 13.9. The lowest BCUT2D eigenvalue weighted by Gasteiger charge is -2.55. The Morgan fingerprint density at radius 3 is 2.50 bits per heavy atom. The van der Waals surface area contributed by atoms with Crippen molar-refractivity contribution in [3.05, 3.63) is 59.5 Å². The molecule has 1 aliphatic carbocycles.